The molecule has 0 aromatic rings. The smallest absolute Gasteiger partial charge is 0.225 e. The van der Waals surface area contributed by atoms with Crippen molar-refractivity contribution in [3.8, 4) is 0 Å². The highest BCUT2D eigenvalue weighted by Gasteiger charge is 2.36. The van der Waals surface area contributed by atoms with Gasteiger partial charge >= 0.3 is 0 Å². The molecule has 118 valence electrons. The molecule has 0 aromatic carbocycles. The number of aliphatic hydroxyl groups excluding tert-OH is 1. The first-order chi connectivity index (χ1) is 10.1. The quantitative estimate of drug-likeness (QED) is 0.810. The molecule has 3 atom stereocenters. The van der Waals surface area contributed by atoms with Crippen LogP contribution in [0.25, 0.3) is 0 Å². The number of likely N-dealkylation sites (tertiary alicyclic amines) is 1. The van der Waals surface area contributed by atoms with Crippen molar-refractivity contribution in [1.29, 1.82) is 0 Å². The van der Waals surface area contributed by atoms with Crippen LogP contribution in [-0.2, 0) is 9.59 Å². The fraction of sp³-hybridized carbons (Fsp3) is 0.875. The summed E-state index contributed by atoms with van der Waals surface area (Å²) in [5.41, 5.74) is 0. The van der Waals surface area contributed by atoms with E-state index >= 15 is 0 Å². The van der Waals surface area contributed by atoms with E-state index < -0.39 is 0 Å². The van der Waals surface area contributed by atoms with E-state index in [0.29, 0.717) is 19.0 Å². The standard InChI is InChI=1S/C16H26N2O3/c19-14-6-3-11(8-14)9-17-15(20)13-2-1-7-18(10-13)16(21)12-4-5-12/h11-14,19H,1-10H2,(H,17,20). The first-order valence-corrected chi connectivity index (χ1v) is 8.38. The zero-order valence-corrected chi connectivity index (χ0v) is 12.6. The summed E-state index contributed by atoms with van der Waals surface area (Å²) >= 11 is 0. The molecule has 21 heavy (non-hydrogen) atoms. The van der Waals surface area contributed by atoms with Crippen molar-refractivity contribution < 1.29 is 14.7 Å². The summed E-state index contributed by atoms with van der Waals surface area (Å²) in [5.74, 6) is 0.951. The lowest BCUT2D eigenvalue weighted by Gasteiger charge is -2.32. The minimum absolute atomic E-state index is 0.0484. The molecule has 2 amide bonds. The second kappa shape index (κ2) is 6.34. The van der Waals surface area contributed by atoms with E-state index in [9.17, 15) is 14.7 Å². The van der Waals surface area contributed by atoms with Gasteiger partial charge in [0.2, 0.25) is 11.8 Å². The molecule has 0 bridgehead atoms. The van der Waals surface area contributed by atoms with Gasteiger partial charge in [-0.25, -0.2) is 0 Å². The van der Waals surface area contributed by atoms with Crippen LogP contribution in [0.2, 0.25) is 0 Å². The zero-order chi connectivity index (χ0) is 14.8. The van der Waals surface area contributed by atoms with Crippen LogP contribution in [0.15, 0.2) is 0 Å². The van der Waals surface area contributed by atoms with E-state index in [1.54, 1.807) is 0 Å². The molecule has 2 N–H and O–H groups in total. The highest BCUT2D eigenvalue weighted by atomic mass is 16.3. The lowest BCUT2D eigenvalue weighted by molar-refractivity contribution is -0.136. The third kappa shape index (κ3) is 3.76. The predicted octanol–water partition coefficient (Wildman–Crippen LogP) is 0.912. The molecule has 3 fully saturated rings. The van der Waals surface area contributed by atoms with Crippen LogP contribution in [0.1, 0.15) is 44.9 Å². The summed E-state index contributed by atoms with van der Waals surface area (Å²) in [5, 5.41) is 12.5. The Labute approximate surface area is 126 Å². The number of hydrogen-bond acceptors (Lipinski definition) is 3. The van der Waals surface area contributed by atoms with Crippen LogP contribution in [-0.4, -0.2) is 47.6 Å². The predicted molar refractivity (Wildman–Crippen MR) is 78.4 cm³/mol. The summed E-state index contributed by atoms with van der Waals surface area (Å²) in [7, 11) is 0. The zero-order valence-electron chi connectivity index (χ0n) is 12.6. The molecule has 1 heterocycles. The van der Waals surface area contributed by atoms with Gasteiger partial charge in [0.05, 0.1) is 12.0 Å². The van der Waals surface area contributed by atoms with Gasteiger partial charge in [-0.3, -0.25) is 9.59 Å². The minimum Gasteiger partial charge on any atom is -0.393 e. The van der Waals surface area contributed by atoms with Gasteiger partial charge < -0.3 is 15.3 Å². The first-order valence-electron chi connectivity index (χ1n) is 8.38. The molecule has 0 radical (unpaired) electrons. The molecule has 2 saturated carbocycles. The number of aliphatic hydroxyl groups is 1. The molecule has 3 unspecified atom stereocenters. The molecule has 0 aromatic heterocycles. The van der Waals surface area contributed by atoms with Crippen LogP contribution in [0.5, 0.6) is 0 Å². The summed E-state index contributed by atoms with van der Waals surface area (Å²) in [6, 6.07) is 0. The largest absolute Gasteiger partial charge is 0.393 e. The second-order valence-corrected chi connectivity index (χ2v) is 6.98. The Kier molecular flexibility index (Phi) is 4.48. The van der Waals surface area contributed by atoms with Gasteiger partial charge in [0.1, 0.15) is 0 Å². The number of nitrogens with one attached hydrogen (secondary N) is 1. The van der Waals surface area contributed by atoms with Crippen molar-refractivity contribution in [2.24, 2.45) is 17.8 Å². The molecule has 0 spiro atoms. The highest BCUT2D eigenvalue weighted by molar-refractivity contribution is 5.83. The number of amides is 2. The van der Waals surface area contributed by atoms with Crippen LogP contribution in [0.4, 0.5) is 0 Å². The number of piperidine rings is 1. The van der Waals surface area contributed by atoms with Crippen molar-refractivity contribution in [1.82, 2.24) is 10.2 Å². The number of carbonyl (C=O) groups excluding carboxylic acids is 2. The lowest BCUT2D eigenvalue weighted by Crippen LogP contribution is -2.46. The number of rotatable bonds is 4. The van der Waals surface area contributed by atoms with Crippen LogP contribution in [0.3, 0.4) is 0 Å². The van der Waals surface area contributed by atoms with Crippen molar-refractivity contribution >= 4 is 11.8 Å². The third-order valence-corrected chi connectivity index (χ3v) is 5.11. The van der Waals surface area contributed by atoms with E-state index in [4.69, 9.17) is 0 Å². The van der Waals surface area contributed by atoms with E-state index in [0.717, 1.165) is 51.5 Å². The maximum atomic E-state index is 12.3. The van der Waals surface area contributed by atoms with Gasteiger partial charge in [0.25, 0.3) is 0 Å². The Morgan fingerprint density at radius 3 is 2.57 bits per heavy atom. The van der Waals surface area contributed by atoms with Crippen molar-refractivity contribution in [2.45, 2.75) is 51.0 Å². The fourth-order valence-corrected chi connectivity index (χ4v) is 3.60. The van der Waals surface area contributed by atoms with Gasteiger partial charge in [-0.15, -0.1) is 0 Å². The van der Waals surface area contributed by atoms with E-state index in [1.807, 2.05) is 4.90 Å². The lowest BCUT2D eigenvalue weighted by atomic mass is 9.96. The van der Waals surface area contributed by atoms with Crippen molar-refractivity contribution in [3.05, 3.63) is 0 Å². The van der Waals surface area contributed by atoms with Crippen LogP contribution >= 0.6 is 0 Å². The van der Waals surface area contributed by atoms with Gasteiger partial charge in [0.15, 0.2) is 0 Å². The average Bonchev–Trinajstić information content (AvgIpc) is 3.27. The molecule has 5 heteroatoms. The van der Waals surface area contributed by atoms with E-state index in [2.05, 4.69) is 5.32 Å². The summed E-state index contributed by atoms with van der Waals surface area (Å²) in [6.07, 6.45) is 6.33. The third-order valence-electron chi connectivity index (χ3n) is 5.11. The number of hydrogen-bond donors (Lipinski definition) is 2. The average molecular weight is 294 g/mol. The van der Waals surface area contributed by atoms with Crippen LogP contribution in [0, 0.1) is 17.8 Å². The normalized spacial score (nSPS) is 33.0. The fourth-order valence-electron chi connectivity index (χ4n) is 3.60. The first kappa shape index (κ1) is 14.8. The highest BCUT2D eigenvalue weighted by Crippen LogP contribution is 2.32. The Hall–Kier alpha value is -1.10. The van der Waals surface area contributed by atoms with E-state index in [1.165, 1.54) is 0 Å². The van der Waals surface area contributed by atoms with Gasteiger partial charge in [-0.1, -0.05) is 0 Å². The van der Waals surface area contributed by atoms with Gasteiger partial charge in [-0.05, 0) is 50.9 Å². The summed E-state index contributed by atoms with van der Waals surface area (Å²) in [4.78, 5) is 26.3. The van der Waals surface area contributed by atoms with Gasteiger partial charge in [-0.2, -0.15) is 0 Å². The molecular formula is C16H26N2O3. The number of carbonyl (C=O) groups is 2. The van der Waals surface area contributed by atoms with Crippen molar-refractivity contribution in [2.75, 3.05) is 19.6 Å². The summed E-state index contributed by atoms with van der Waals surface area (Å²) in [6.45, 7) is 2.07. The molecule has 1 aliphatic heterocycles. The molecule has 3 rings (SSSR count). The maximum absolute atomic E-state index is 12.3. The van der Waals surface area contributed by atoms with Crippen molar-refractivity contribution in [3.63, 3.8) is 0 Å². The Morgan fingerprint density at radius 2 is 1.90 bits per heavy atom. The van der Waals surface area contributed by atoms with Crippen LogP contribution < -0.4 is 5.32 Å². The Bertz CT molecular complexity index is 408. The Balaban J connectivity index is 1.44. The summed E-state index contributed by atoms with van der Waals surface area (Å²) < 4.78 is 0. The molecular weight excluding hydrogens is 268 g/mol. The molecule has 5 nitrogen and oxygen atoms in total. The molecule has 1 saturated heterocycles. The number of nitrogens with zero attached hydrogens (tertiary/aromatic N) is 1. The second-order valence-electron chi connectivity index (χ2n) is 6.98. The molecule has 3 aliphatic rings. The topological polar surface area (TPSA) is 69.6 Å². The maximum Gasteiger partial charge on any atom is 0.225 e. The minimum atomic E-state index is -0.187. The molecule has 2 aliphatic carbocycles. The van der Waals surface area contributed by atoms with Gasteiger partial charge in [0, 0.05) is 25.6 Å². The monoisotopic (exact) mass is 294 g/mol. The SMILES string of the molecule is O=C(NCC1CCC(O)C1)C1CCCN(C(=O)C2CC2)C1. The Morgan fingerprint density at radius 1 is 1.10 bits per heavy atom. The van der Waals surface area contributed by atoms with E-state index in [-0.39, 0.29) is 29.8 Å².